The quantitative estimate of drug-likeness (QED) is 0.742. The molecule has 4 heteroatoms. The van der Waals surface area contributed by atoms with Gasteiger partial charge in [0.15, 0.2) is 0 Å². The summed E-state index contributed by atoms with van der Waals surface area (Å²) >= 11 is 0. The zero-order chi connectivity index (χ0) is 17.4. The standard InChI is InChI=1S/C20H29N3O/c1-4-23(5-2)18-10-8-17(9-11-18)20(21)15-22-14-16-6-12-19(24-3)13-7-16/h6-13,20,22H,4-5,14-15,21H2,1-3H3/t20-/m1/s1. The Kier molecular flexibility index (Phi) is 7.09. The summed E-state index contributed by atoms with van der Waals surface area (Å²) in [6.07, 6.45) is 0. The fourth-order valence-corrected chi connectivity index (χ4v) is 2.75. The van der Waals surface area contributed by atoms with E-state index in [1.165, 1.54) is 11.3 Å². The highest BCUT2D eigenvalue weighted by molar-refractivity contribution is 5.47. The van der Waals surface area contributed by atoms with Crippen molar-refractivity contribution in [3.05, 3.63) is 59.7 Å². The van der Waals surface area contributed by atoms with E-state index in [9.17, 15) is 0 Å². The molecule has 0 aliphatic heterocycles. The summed E-state index contributed by atoms with van der Waals surface area (Å²) in [5.74, 6) is 0.878. The smallest absolute Gasteiger partial charge is 0.118 e. The molecular weight excluding hydrogens is 298 g/mol. The van der Waals surface area contributed by atoms with Gasteiger partial charge in [-0.1, -0.05) is 24.3 Å². The van der Waals surface area contributed by atoms with Crippen molar-refractivity contribution in [1.29, 1.82) is 0 Å². The van der Waals surface area contributed by atoms with Crippen LogP contribution in [-0.2, 0) is 6.54 Å². The van der Waals surface area contributed by atoms with Crippen LogP contribution in [0.25, 0.3) is 0 Å². The van der Waals surface area contributed by atoms with Gasteiger partial charge in [0.25, 0.3) is 0 Å². The van der Waals surface area contributed by atoms with E-state index in [1.807, 2.05) is 12.1 Å². The van der Waals surface area contributed by atoms with E-state index < -0.39 is 0 Å². The highest BCUT2D eigenvalue weighted by Crippen LogP contribution is 2.18. The molecule has 0 radical (unpaired) electrons. The first-order chi connectivity index (χ1) is 11.7. The van der Waals surface area contributed by atoms with Gasteiger partial charge < -0.3 is 20.7 Å². The Morgan fingerprint density at radius 1 is 1.00 bits per heavy atom. The van der Waals surface area contributed by atoms with E-state index in [4.69, 9.17) is 10.5 Å². The SMILES string of the molecule is CCN(CC)c1ccc([C@H](N)CNCc2ccc(OC)cc2)cc1. The van der Waals surface area contributed by atoms with E-state index in [0.29, 0.717) is 0 Å². The van der Waals surface area contributed by atoms with Crippen LogP contribution in [0.5, 0.6) is 5.75 Å². The van der Waals surface area contributed by atoms with Crippen LogP contribution < -0.4 is 20.7 Å². The summed E-state index contributed by atoms with van der Waals surface area (Å²) in [6.45, 7) is 7.93. The number of hydrogen-bond donors (Lipinski definition) is 2. The molecule has 1 atom stereocenters. The van der Waals surface area contributed by atoms with Crippen LogP contribution in [0.2, 0.25) is 0 Å². The van der Waals surface area contributed by atoms with E-state index in [2.05, 4.69) is 60.5 Å². The molecule has 0 saturated carbocycles. The first-order valence-corrected chi connectivity index (χ1v) is 8.62. The van der Waals surface area contributed by atoms with Gasteiger partial charge in [0, 0.05) is 37.9 Å². The Balaban J connectivity index is 1.84. The molecule has 0 bridgehead atoms. The Labute approximate surface area is 145 Å². The van der Waals surface area contributed by atoms with Crippen LogP contribution in [0.15, 0.2) is 48.5 Å². The third-order valence-corrected chi connectivity index (χ3v) is 4.30. The van der Waals surface area contributed by atoms with Gasteiger partial charge >= 0.3 is 0 Å². The number of nitrogens with two attached hydrogens (primary N) is 1. The van der Waals surface area contributed by atoms with E-state index in [1.54, 1.807) is 7.11 Å². The zero-order valence-electron chi connectivity index (χ0n) is 15.0. The Bertz CT molecular complexity index is 591. The fraction of sp³-hybridized carbons (Fsp3) is 0.400. The van der Waals surface area contributed by atoms with Gasteiger partial charge in [0.1, 0.15) is 5.75 Å². The summed E-state index contributed by atoms with van der Waals surface area (Å²) in [5.41, 5.74) is 9.93. The summed E-state index contributed by atoms with van der Waals surface area (Å²) in [7, 11) is 1.68. The van der Waals surface area contributed by atoms with Crippen molar-refractivity contribution in [1.82, 2.24) is 5.32 Å². The summed E-state index contributed by atoms with van der Waals surface area (Å²) in [4.78, 5) is 2.33. The third kappa shape index (κ3) is 4.98. The number of nitrogens with zero attached hydrogens (tertiary/aromatic N) is 1. The van der Waals surface area contributed by atoms with E-state index in [-0.39, 0.29) is 6.04 Å². The first-order valence-electron chi connectivity index (χ1n) is 8.62. The normalized spacial score (nSPS) is 12.0. The predicted octanol–water partition coefficient (Wildman–Crippen LogP) is 3.33. The second kappa shape index (κ2) is 9.30. The van der Waals surface area contributed by atoms with Crippen LogP contribution in [0.3, 0.4) is 0 Å². The minimum atomic E-state index is -0.00555. The zero-order valence-corrected chi connectivity index (χ0v) is 15.0. The Morgan fingerprint density at radius 3 is 2.17 bits per heavy atom. The lowest BCUT2D eigenvalue weighted by molar-refractivity contribution is 0.414. The molecule has 3 N–H and O–H groups in total. The number of benzene rings is 2. The average molecular weight is 327 g/mol. The molecule has 0 spiro atoms. The maximum atomic E-state index is 6.30. The number of rotatable bonds is 9. The topological polar surface area (TPSA) is 50.5 Å². The van der Waals surface area contributed by atoms with Crippen molar-refractivity contribution in [2.75, 3.05) is 31.6 Å². The molecule has 0 saturated heterocycles. The van der Waals surface area contributed by atoms with Crippen LogP contribution in [0, 0.1) is 0 Å². The van der Waals surface area contributed by atoms with Crippen molar-refractivity contribution in [3.63, 3.8) is 0 Å². The second-order valence-corrected chi connectivity index (χ2v) is 5.85. The molecule has 4 nitrogen and oxygen atoms in total. The number of methoxy groups -OCH3 is 1. The van der Waals surface area contributed by atoms with Crippen molar-refractivity contribution in [3.8, 4) is 5.75 Å². The van der Waals surface area contributed by atoms with Crippen LogP contribution in [0.1, 0.15) is 31.0 Å². The van der Waals surface area contributed by atoms with Crippen molar-refractivity contribution >= 4 is 5.69 Å². The molecule has 2 aromatic rings. The lowest BCUT2D eigenvalue weighted by atomic mass is 10.1. The maximum Gasteiger partial charge on any atom is 0.118 e. The van der Waals surface area contributed by atoms with E-state index in [0.717, 1.165) is 37.5 Å². The summed E-state index contributed by atoms with van der Waals surface area (Å²) < 4.78 is 5.17. The van der Waals surface area contributed by atoms with Gasteiger partial charge in [-0.2, -0.15) is 0 Å². The molecule has 2 rings (SSSR count). The first kappa shape index (κ1) is 18.3. The largest absolute Gasteiger partial charge is 0.497 e. The van der Waals surface area contributed by atoms with Gasteiger partial charge in [-0.05, 0) is 49.2 Å². The van der Waals surface area contributed by atoms with Crippen molar-refractivity contribution in [2.24, 2.45) is 5.73 Å². The maximum absolute atomic E-state index is 6.30. The lowest BCUT2D eigenvalue weighted by Gasteiger charge is -2.22. The monoisotopic (exact) mass is 327 g/mol. The number of anilines is 1. The molecule has 2 aromatic carbocycles. The number of hydrogen-bond acceptors (Lipinski definition) is 4. The Hall–Kier alpha value is -2.04. The second-order valence-electron chi connectivity index (χ2n) is 5.85. The third-order valence-electron chi connectivity index (χ3n) is 4.30. The highest BCUT2D eigenvalue weighted by atomic mass is 16.5. The molecular formula is C20H29N3O. The molecule has 0 amide bonds. The number of nitrogens with one attached hydrogen (secondary N) is 1. The van der Waals surface area contributed by atoms with Gasteiger partial charge in [-0.25, -0.2) is 0 Å². The minimum Gasteiger partial charge on any atom is -0.497 e. The molecule has 130 valence electrons. The molecule has 0 fully saturated rings. The molecule has 0 heterocycles. The molecule has 0 aromatic heterocycles. The van der Waals surface area contributed by atoms with Crippen LogP contribution >= 0.6 is 0 Å². The Morgan fingerprint density at radius 2 is 1.62 bits per heavy atom. The molecule has 0 unspecified atom stereocenters. The van der Waals surface area contributed by atoms with Crippen LogP contribution in [-0.4, -0.2) is 26.7 Å². The molecule has 24 heavy (non-hydrogen) atoms. The van der Waals surface area contributed by atoms with Gasteiger partial charge in [0.2, 0.25) is 0 Å². The van der Waals surface area contributed by atoms with Crippen molar-refractivity contribution in [2.45, 2.75) is 26.4 Å². The van der Waals surface area contributed by atoms with Gasteiger partial charge in [-0.3, -0.25) is 0 Å². The highest BCUT2D eigenvalue weighted by Gasteiger charge is 2.07. The minimum absolute atomic E-state index is 0.00555. The summed E-state index contributed by atoms with van der Waals surface area (Å²) in [6, 6.07) is 16.7. The van der Waals surface area contributed by atoms with Crippen molar-refractivity contribution < 1.29 is 4.74 Å². The predicted molar refractivity (Wildman–Crippen MR) is 102 cm³/mol. The molecule has 0 aliphatic rings. The fourth-order valence-electron chi connectivity index (χ4n) is 2.75. The molecule has 0 aliphatic carbocycles. The summed E-state index contributed by atoms with van der Waals surface area (Å²) in [5, 5.41) is 3.42. The average Bonchev–Trinajstić information content (AvgIpc) is 2.64. The van der Waals surface area contributed by atoms with Crippen LogP contribution in [0.4, 0.5) is 5.69 Å². The lowest BCUT2D eigenvalue weighted by Crippen LogP contribution is -2.27. The van der Waals surface area contributed by atoms with Gasteiger partial charge in [-0.15, -0.1) is 0 Å². The van der Waals surface area contributed by atoms with E-state index >= 15 is 0 Å². The van der Waals surface area contributed by atoms with Gasteiger partial charge in [0.05, 0.1) is 7.11 Å². The number of ether oxygens (including phenoxy) is 1.